The van der Waals surface area contributed by atoms with Crippen LogP contribution in [0, 0.1) is 5.92 Å². The number of hydrogen-bond acceptors (Lipinski definition) is 4. The van der Waals surface area contributed by atoms with Crippen molar-refractivity contribution in [1.82, 2.24) is 15.5 Å². The zero-order chi connectivity index (χ0) is 21.2. The van der Waals surface area contributed by atoms with Crippen LogP contribution in [0.2, 0.25) is 0 Å². The molecule has 0 bridgehead atoms. The summed E-state index contributed by atoms with van der Waals surface area (Å²) in [7, 11) is 3.39. The lowest BCUT2D eigenvalue weighted by atomic mass is 9.93. The molecule has 2 N–H and O–H groups in total. The lowest BCUT2D eigenvalue weighted by molar-refractivity contribution is -0.121. The summed E-state index contributed by atoms with van der Waals surface area (Å²) in [6, 6.07) is 4.90. The van der Waals surface area contributed by atoms with Crippen LogP contribution in [0.3, 0.4) is 0 Å². The predicted molar refractivity (Wildman–Crippen MR) is 123 cm³/mol. The number of guanidine groups is 1. The number of rotatable bonds is 8. The Morgan fingerprint density at radius 2 is 2.00 bits per heavy atom. The van der Waals surface area contributed by atoms with Crippen LogP contribution in [-0.2, 0) is 11.3 Å². The van der Waals surface area contributed by atoms with Gasteiger partial charge in [-0.15, -0.1) is 24.0 Å². The molecule has 1 fully saturated rings. The normalized spacial score (nSPS) is 14.9. The van der Waals surface area contributed by atoms with Gasteiger partial charge in [0.25, 0.3) is 0 Å². The van der Waals surface area contributed by atoms with Gasteiger partial charge in [0.05, 0.1) is 6.61 Å². The maximum Gasteiger partial charge on any atom is 0.387 e. The van der Waals surface area contributed by atoms with Gasteiger partial charge in [0.1, 0.15) is 0 Å². The molecule has 2 rings (SSSR count). The van der Waals surface area contributed by atoms with Gasteiger partial charge in [-0.1, -0.05) is 6.07 Å². The van der Waals surface area contributed by atoms with Crippen LogP contribution in [0.25, 0.3) is 0 Å². The molecule has 1 heterocycles. The second-order valence-corrected chi connectivity index (χ2v) is 6.80. The van der Waals surface area contributed by atoms with Crippen LogP contribution >= 0.6 is 24.0 Å². The first kappa shape index (κ1) is 26.2. The molecule has 0 unspecified atom stereocenters. The van der Waals surface area contributed by atoms with Crippen molar-refractivity contribution in [3.05, 3.63) is 23.8 Å². The van der Waals surface area contributed by atoms with E-state index in [9.17, 15) is 13.6 Å². The average molecular weight is 540 g/mol. The molecule has 1 aliphatic heterocycles. The van der Waals surface area contributed by atoms with E-state index in [0.717, 1.165) is 37.5 Å². The van der Waals surface area contributed by atoms with E-state index in [1.165, 1.54) is 6.07 Å². The number of amides is 1. The third-order valence-corrected chi connectivity index (χ3v) is 4.85. The van der Waals surface area contributed by atoms with E-state index in [2.05, 4.69) is 25.3 Å². The molecular formula is C20H31F2IN4O3. The van der Waals surface area contributed by atoms with E-state index in [4.69, 9.17) is 4.74 Å². The van der Waals surface area contributed by atoms with E-state index >= 15 is 0 Å². The molecule has 170 valence electrons. The van der Waals surface area contributed by atoms with Gasteiger partial charge in [0.2, 0.25) is 5.91 Å². The average Bonchev–Trinajstić information content (AvgIpc) is 2.71. The number of aliphatic imine (C=N–C) groups is 1. The smallest absolute Gasteiger partial charge is 0.387 e. The highest BCUT2D eigenvalue weighted by atomic mass is 127. The minimum atomic E-state index is -2.90. The lowest BCUT2D eigenvalue weighted by Crippen LogP contribution is -2.45. The largest absolute Gasteiger partial charge is 0.490 e. The lowest BCUT2D eigenvalue weighted by Gasteiger charge is -2.34. The molecule has 10 heteroatoms. The highest BCUT2D eigenvalue weighted by Gasteiger charge is 2.23. The van der Waals surface area contributed by atoms with Crippen molar-refractivity contribution in [3.8, 4) is 11.5 Å². The predicted octanol–water partition coefficient (Wildman–Crippen LogP) is 3.23. The van der Waals surface area contributed by atoms with Crippen molar-refractivity contribution in [2.75, 3.05) is 33.8 Å². The molecule has 1 aliphatic rings. The third kappa shape index (κ3) is 8.11. The standard InChI is InChI=1S/C20H30F2N4O3.HI/c1-4-28-17-11-15(5-6-16(17)29-19(21)22)13-25-20(24-3)26-9-7-14(8-10-26)12-18(27)23-2;/h5-6,11,14,19H,4,7-10,12-13H2,1-3H3,(H,23,27)(H,24,25);1H. The van der Waals surface area contributed by atoms with Crippen LogP contribution in [0.15, 0.2) is 23.2 Å². The molecule has 1 saturated heterocycles. The van der Waals surface area contributed by atoms with Gasteiger partial charge in [-0.05, 0) is 43.4 Å². The first-order chi connectivity index (χ1) is 14.0. The minimum Gasteiger partial charge on any atom is -0.490 e. The summed E-state index contributed by atoms with van der Waals surface area (Å²) in [6.07, 6.45) is 2.42. The molecular weight excluding hydrogens is 509 g/mol. The van der Waals surface area contributed by atoms with Crippen molar-refractivity contribution in [2.45, 2.75) is 39.3 Å². The van der Waals surface area contributed by atoms with Crippen molar-refractivity contribution in [2.24, 2.45) is 10.9 Å². The number of nitrogens with zero attached hydrogens (tertiary/aromatic N) is 2. The number of carbonyl (C=O) groups excluding carboxylic acids is 1. The number of halogens is 3. The zero-order valence-electron chi connectivity index (χ0n) is 17.6. The summed E-state index contributed by atoms with van der Waals surface area (Å²) in [5, 5.41) is 5.98. The van der Waals surface area contributed by atoms with Crippen molar-refractivity contribution >= 4 is 35.8 Å². The number of alkyl halides is 2. The third-order valence-electron chi connectivity index (χ3n) is 4.85. The number of hydrogen-bond donors (Lipinski definition) is 2. The topological polar surface area (TPSA) is 75.2 Å². The monoisotopic (exact) mass is 540 g/mol. The summed E-state index contributed by atoms with van der Waals surface area (Å²) in [6.45, 7) is 1.36. The molecule has 1 amide bonds. The molecule has 0 radical (unpaired) electrons. The Morgan fingerprint density at radius 1 is 1.30 bits per heavy atom. The van der Waals surface area contributed by atoms with E-state index < -0.39 is 6.61 Å². The first-order valence-corrected chi connectivity index (χ1v) is 9.83. The van der Waals surface area contributed by atoms with Gasteiger partial charge in [-0.25, -0.2) is 0 Å². The highest BCUT2D eigenvalue weighted by Crippen LogP contribution is 2.30. The van der Waals surface area contributed by atoms with Crippen LogP contribution < -0.4 is 20.1 Å². The minimum absolute atomic E-state index is 0. The van der Waals surface area contributed by atoms with Crippen molar-refractivity contribution in [1.29, 1.82) is 0 Å². The molecule has 1 aromatic rings. The van der Waals surface area contributed by atoms with E-state index in [0.29, 0.717) is 25.5 Å². The molecule has 0 aromatic heterocycles. The van der Waals surface area contributed by atoms with Crippen LogP contribution in [0.4, 0.5) is 8.78 Å². The Labute approximate surface area is 193 Å². The van der Waals surface area contributed by atoms with Crippen molar-refractivity contribution < 1.29 is 23.0 Å². The maximum atomic E-state index is 12.5. The fraction of sp³-hybridized carbons (Fsp3) is 0.600. The second-order valence-electron chi connectivity index (χ2n) is 6.80. The Hall–Kier alpha value is -1.85. The fourth-order valence-corrected chi connectivity index (χ4v) is 3.35. The van der Waals surface area contributed by atoms with E-state index in [1.807, 2.05) is 0 Å². The Morgan fingerprint density at radius 3 is 2.57 bits per heavy atom. The quantitative estimate of drug-likeness (QED) is 0.301. The number of likely N-dealkylation sites (tertiary alicyclic amines) is 1. The molecule has 30 heavy (non-hydrogen) atoms. The Kier molecular flexibility index (Phi) is 11.7. The van der Waals surface area contributed by atoms with Crippen LogP contribution in [0.1, 0.15) is 31.7 Å². The van der Waals surface area contributed by atoms with E-state index in [-0.39, 0.29) is 41.4 Å². The summed E-state index contributed by atoms with van der Waals surface area (Å²) < 4.78 is 35.0. The zero-order valence-corrected chi connectivity index (χ0v) is 20.0. The van der Waals surface area contributed by atoms with Crippen LogP contribution in [-0.4, -0.2) is 57.2 Å². The maximum absolute atomic E-state index is 12.5. The highest BCUT2D eigenvalue weighted by molar-refractivity contribution is 14.0. The molecule has 0 atom stereocenters. The van der Waals surface area contributed by atoms with Gasteiger partial charge in [-0.3, -0.25) is 9.79 Å². The van der Waals surface area contributed by atoms with Gasteiger partial charge >= 0.3 is 6.61 Å². The summed E-state index contributed by atoms with van der Waals surface area (Å²) in [4.78, 5) is 18.1. The summed E-state index contributed by atoms with van der Waals surface area (Å²) in [5.41, 5.74) is 0.866. The van der Waals surface area contributed by atoms with Gasteiger partial charge < -0.3 is 25.0 Å². The SMILES string of the molecule is CCOc1cc(CNC(=NC)N2CCC(CC(=O)NC)CC2)ccc1OC(F)F.I. The second kappa shape index (κ2) is 13.5. The fourth-order valence-electron chi connectivity index (χ4n) is 3.35. The summed E-state index contributed by atoms with van der Waals surface area (Å²) in [5.74, 6) is 1.55. The molecule has 0 aliphatic carbocycles. The number of ether oxygens (including phenoxy) is 2. The Bertz CT molecular complexity index is 699. The molecule has 7 nitrogen and oxygen atoms in total. The van der Waals surface area contributed by atoms with Gasteiger partial charge in [0, 0.05) is 40.2 Å². The molecule has 0 spiro atoms. The number of benzene rings is 1. The first-order valence-electron chi connectivity index (χ1n) is 9.83. The molecule has 1 aromatic carbocycles. The number of nitrogens with one attached hydrogen (secondary N) is 2. The van der Waals surface area contributed by atoms with E-state index in [1.54, 1.807) is 33.2 Å². The number of carbonyl (C=O) groups is 1. The van der Waals surface area contributed by atoms with Gasteiger partial charge in [0.15, 0.2) is 17.5 Å². The Balaban J connectivity index is 0.00000450. The number of piperidine rings is 1. The van der Waals surface area contributed by atoms with Gasteiger partial charge in [-0.2, -0.15) is 8.78 Å². The van der Waals surface area contributed by atoms with Crippen LogP contribution in [0.5, 0.6) is 11.5 Å². The summed E-state index contributed by atoms with van der Waals surface area (Å²) >= 11 is 0. The van der Waals surface area contributed by atoms with Crippen molar-refractivity contribution in [3.63, 3.8) is 0 Å². The molecule has 0 saturated carbocycles.